The Morgan fingerprint density at radius 1 is 1.32 bits per heavy atom. The number of rotatable bonds is 3. The Balaban J connectivity index is 0.000000362. The zero-order valence-corrected chi connectivity index (χ0v) is 11.6. The van der Waals surface area contributed by atoms with Crippen LogP contribution in [0.4, 0.5) is 13.2 Å². The van der Waals surface area contributed by atoms with Gasteiger partial charge in [0.25, 0.3) is 0 Å². The summed E-state index contributed by atoms with van der Waals surface area (Å²) in [6.07, 6.45) is 11.2. The highest BCUT2D eigenvalue weighted by atomic mass is 32.2. The van der Waals surface area contributed by atoms with E-state index in [1.165, 1.54) is 19.4 Å². The van der Waals surface area contributed by atoms with Crippen LogP contribution in [0.15, 0.2) is 24.4 Å². The summed E-state index contributed by atoms with van der Waals surface area (Å²) in [5, 5.41) is 0. The number of halogens is 3. The Morgan fingerprint density at radius 2 is 1.84 bits per heavy atom. The van der Waals surface area contributed by atoms with Gasteiger partial charge in [0, 0.05) is 12.6 Å². The summed E-state index contributed by atoms with van der Waals surface area (Å²) < 4.78 is 57.5. The Hall–Kier alpha value is -1.02. The van der Waals surface area contributed by atoms with E-state index in [2.05, 4.69) is 43.2 Å². The van der Waals surface area contributed by atoms with E-state index in [1.54, 1.807) is 0 Å². The van der Waals surface area contributed by atoms with Crippen LogP contribution in [0.1, 0.15) is 26.7 Å². The highest BCUT2D eigenvalue weighted by Gasteiger charge is 2.44. The van der Waals surface area contributed by atoms with Crippen molar-refractivity contribution in [1.82, 2.24) is 4.90 Å². The third-order valence-corrected chi connectivity index (χ3v) is 2.95. The lowest BCUT2D eigenvalue weighted by molar-refractivity contribution is -0.0510. The maximum Gasteiger partial charge on any atom is 0.522 e. The summed E-state index contributed by atoms with van der Waals surface area (Å²) in [5.74, 6) is 0. The summed E-state index contributed by atoms with van der Waals surface area (Å²) in [5.41, 5.74) is -5.53. The molecule has 0 aromatic rings. The fourth-order valence-electron chi connectivity index (χ4n) is 1.25. The molecule has 0 saturated carbocycles. The minimum Gasteiger partial charge on any atom is -0.371 e. The fraction of sp³-hybridized carbons (Fsp3) is 0.636. The predicted octanol–water partition coefficient (Wildman–Crippen LogP) is 2.95. The summed E-state index contributed by atoms with van der Waals surface area (Å²) in [4.78, 5) is 2.38. The minimum absolute atomic E-state index is 0.589. The van der Waals surface area contributed by atoms with Crippen molar-refractivity contribution in [3.63, 3.8) is 0 Å². The molecule has 4 nitrogen and oxygen atoms in total. The Kier molecular flexibility index (Phi) is 7.14. The Labute approximate surface area is 111 Å². The van der Waals surface area contributed by atoms with Crippen LogP contribution in [-0.2, 0) is 10.1 Å². The molecule has 1 aliphatic rings. The number of alkyl halides is 3. The van der Waals surface area contributed by atoms with E-state index >= 15 is 0 Å². The molecule has 1 aliphatic heterocycles. The van der Waals surface area contributed by atoms with Gasteiger partial charge in [0.1, 0.15) is 0 Å². The molecule has 19 heavy (non-hydrogen) atoms. The Bertz CT molecular complexity index is 415. The summed E-state index contributed by atoms with van der Waals surface area (Å²) in [6, 6.07) is 0.589. The van der Waals surface area contributed by atoms with Crippen molar-refractivity contribution in [2.75, 3.05) is 6.54 Å². The van der Waals surface area contributed by atoms with Gasteiger partial charge in [0.2, 0.25) is 0 Å². The molecule has 0 bridgehead atoms. The van der Waals surface area contributed by atoms with Crippen LogP contribution >= 0.6 is 0 Å². The second-order valence-electron chi connectivity index (χ2n) is 3.98. The standard InChI is InChI=1S/C10H17N.CHF3O3S/c1-3-4-8-11-9-6-5-7-10(11)2;2-1(3,4)8(5,6)7/h5-7,9-10H,3-4,8H2,1-2H3;(H,5,6,7). The molecule has 112 valence electrons. The molecule has 1 atom stereocenters. The third-order valence-electron chi connectivity index (χ3n) is 2.36. The molecule has 1 unspecified atom stereocenters. The van der Waals surface area contributed by atoms with Crippen LogP contribution in [0.3, 0.4) is 0 Å². The van der Waals surface area contributed by atoms with E-state index < -0.39 is 15.6 Å². The van der Waals surface area contributed by atoms with Gasteiger partial charge in [0.05, 0.1) is 0 Å². The number of hydrogen-bond acceptors (Lipinski definition) is 3. The highest BCUT2D eigenvalue weighted by molar-refractivity contribution is 7.86. The van der Waals surface area contributed by atoms with Gasteiger partial charge in [0.15, 0.2) is 0 Å². The molecule has 0 aliphatic carbocycles. The highest BCUT2D eigenvalue weighted by Crippen LogP contribution is 2.20. The topological polar surface area (TPSA) is 57.6 Å². The number of allylic oxidation sites excluding steroid dienone is 2. The first-order valence-corrected chi connectivity index (χ1v) is 7.18. The molecule has 0 spiro atoms. The summed E-state index contributed by atoms with van der Waals surface area (Å²) >= 11 is 0. The first-order valence-electron chi connectivity index (χ1n) is 5.74. The second kappa shape index (κ2) is 7.54. The number of unbranched alkanes of at least 4 members (excludes halogenated alkanes) is 1. The maximum atomic E-state index is 10.7. The molecule has 0 amide bonds. The van der Waals surface area contributed by atoms with Crippen molar-refractivity contribution in [3.05, 3.63) is 24.4 Å². The van der Waals surface area contributed by atoms with Gasteiger partial charge in [-0.2, -0.15) is 21.6 Å². The first-order chi connectivity index (χ1) is 8.59. The molecule has 0 radical (unpaired) electrons. The van der Waals surface area contributed by atoms with E-state index in [4.69, 9.17) is 13.0 Å². The lowest BCUT2D eigenvalue weighted by atomic mass is 10.2. The van der Waals surface area contributed by atoms with Gasteiger partial charge in [-0.15, -0.1) is 0 Å². The van der Waals surface area contributed by atoms with Gasteiger partial charge in [-0.1, -0.05) is 25.5 Å². The van der Waals surface area contributed by atoms with Crippen LogP contribution in [0, 0.1) is 0 Å². The molecule has 1 heterocycles. The zero-order chi connectivity index (χ0) is 15.1. The monoisotopic (exact) mass is 301 g/mol. The van der Waals surface area contributed by atoms with Crippen molar-refractivity contribution < 1.29 is 26.1 Å². The van der Waals surface area contributed by atoms with E-state index in [1.807, 2.05) is 0 Å². The van der Waals surface area contributed by atoms with Gasteiger partial charge >= 0.3 is 15.6 Å². The lowest BCUT2D eigenvalue weighted by Gasteiger charge is -2.27. The molecule has 1 rings (SSSR count). The van der Waals surface area contributed by atoms with Gasteiger partial charge < -0.3 is 4.90 Å². The molecular weight excluding hydrogens is 283 g/mol. The maximum absolute atomic E-state index is 10.7. The number of nitrogens with zero attached hydrogens (tertiary/aromatic N) is 1. The second-order valence-corrected chi connectivity index (χ2v) is 5.39. The molecule has 0 aromatic carbocycles. The third kappa shape index (κ3) is 7.22. The molecule has 8 heteroatoms. The summed E-state index contributed by atoms with van der Waals surface area (Å²) in [7, 11) is -5.84. The van der Waals surface area contributed by atoms with Crippen molar-refractivity contribution in [3.8, 4) is 0 Å². The first kappa shape index (κ1) is 18.0. The normalized spacial score (nSPS) is 19.1. The van der Waals surface area contributed by atoms with Gasteiger partial charge in [-0.05, 0) is 25.6 Å². The smallest absolute Gasteiger partial charge is 0.371 e. The number of hydrogen-bond donors (Lipinski definition) is 1. The minimum atomic E-state index is -5.84. The van der Waals surface area contributed by atoms with Crippen molar-refractivity contribution >= 4 is 10.1 Å². The van der Waals surface area contributed by atoms with E-state index in [0.29, 0.717) is 6.04 Å². The molecule has 0 saturated heterocycles. The van der Waals surface area contributed by atoms with E-state index in [0.717, 1.165) is 0 Å². The quantitative estimate of drug-likeness (QED) is 0.643. The fourth-order valence-corrected chi connectivity index (χ4v) is 1.25. The largest absolute Gasteiger partial charge is 0.522 e. The van der Waals surface area contributed by atoms with Crippen LogP contribution in [-0.4, -0.2) is 36.0 Å². The van der Waals surface area contributed by atoms with E-state index in [9.17, 15) is 13.2 Å². The molecular formula is C11H18F3NO3S. The zero-order valence-electron chi connectivity index (χ0n) is 10.8. The van der Waals surface area contributed by atoms with Crippen LogP contribution < -0.4 is 0 Å². The molecule has 0 aromatic heterocycles. The predicted molar refractivity (Wildman–Crippen MR) is 67.0 cm³/mol. The average Bonchev–Trinajstić information content (AvgIpc) is 2.26. The van der Waals surface area contributed by atoms with Crippen molar-refractivity contribution in [1.29, 1.82) is 0 Å². The van der Waals surface area contributed by atoms with Gasteiger partial charge in [-0.3, -0.25) is 4.55 Å². The van der Waals surface area contributed by atoms with Crippen LogP contribution in [0.5, 0.6) is 0 Å². The van der Waals surface area contributed by atoms with E-state index in [-0.39, 0.29) is 0 Å². The lowest BCUT2D eigenvalue weighted by Crippen LogP contribution is -2.28. The van der Waals surface area contributed by atoms with Crippen molar-refractivity contribution in [2.45, 2.75) is 38.2 Å². The van der Waals surface area contributed by atoms with Crippen LogP contribution in [0.25, 0.3) is 0 Å². The SMILES string of the molecule is CCCCN1C=CC=CC1C.O=S(=O)(O)C(F)(F)F. The van der Waals surface area contributed by atoms with Crippen LogP contribution in [0.2, 0.25) is 0 Å². The Morgan fingerprint density at radius 3 is 2.21 bits per heavy atom. The summed E-state index contributed by atoms with van der Waals surface area (Å²) in [6.45, 7) is 5.66. The molecule has 0 fully saturated rings. The van der Waals surface area contributed by atoms with Gasteiger partial charge in [-0.25, -0.2) is 0 Å². The van der Waals surface area contributed by atoms with Crippen molar-refractivity contribution in [2.24, 2.45) is 0 Å². The average molecular weight is 301 g/mol. The molecule has 1 N–H and O–H groups in total.